The Bertz CT molecular complexity index is 291. The van der Waals surface area contributed by atoms with E-state index in [-0.39, 0.29) is 0 Å². The van der Waals surface area contributed by atoms with Crippen molar-refractivity contribution in [2.24, 2.45) is 0 Å². The normalized spacial score (nSPS) is 9.89. The van der Waals surface area contributed by atoms with Crippen LogP contribution in [0.5, 0.6) is 0 Å². The van der Waals surface area contributed by atoms with Crippen LogP contribution in [0, 0.1) is 6.92 Å². The monoisotopic (exact) mass is 263 g/mol. The highest BCUT2D eigenvalue weighted by Crippen LogP contribution is 2.12. The van der Waals surface area contributed by atoms with Crippen molar-refractivity contribution in [3.05, 3.63) is 35.4 Å². The van der Waals surface area contributed by atoms with Crippen LogP contribution < -0.4 is 5.32 Å². The quantitative estimate of drug-likeness (QED) is 0.642. The maximum atomic E-state index is 3.11. The predicted octanol–water partition coefficient (Wildman–Crippen LogP) is 5.12. The molecule has 0 atom stereocenters. The molecule has 0 aliphatic heterocycles. The van der Waals surface area contributed by atoms with Crippen molar-refractivity contribution in [1.29, 1.82) is 0 Å². The van der Waals surface area contributed by atoms with Crippen LogP contribution in [0.25, 0.3) is 0 Å². The van der Waals surface area contributed by atoms with Crippen LogP contribution in [0.15, 0.2) is 24.3 Å². The molecular weight excluding hydrogens is 230 g/mol. The number of benzene rings is 1. The van der Waals surface area contributed by atoms with E-state index in [9.17, 15) is 0 Å². The summed E-state index contributed by atoms with van der Waals surface area (Å²) >= 11 is 0. The average Bonchev–Trinajstić information content (AvgIpc) is 2.42. The number of rotatable bonds is 8. The fourth-order valence-corrected chi connectivity index (χ4v) is 2.06. The summed E-state index contributed by atoms with van der Waals surface area (Å²) in [5.74, 6) is 0. The summed E-state index contributed by atoms with van der Waals surface area (Å²) in [6.45, 7) is 10.9. The van der Waals surface area contributed by atoms with Gasteiger partial charge in [-0.1, -0.05) is 70.7 Å². The van der Waals surface area contributed by atoms with E-state index in [1.165, 1.54) is 49.7 Å². The maximum absolute atomic E-state index is 3.11. The third kappa shape index (κ3) is 10.8. The molecule has 0 fully saturated rings. The van der Waals surface area contributed by atoms with Gasteiger partial charge in [0, 0.05) is 0 Å². The molecule has 0 aromatic heterocycles. The molecule has 0 radical (unpaired) electrons. The molecule has 1 heteroatoms. The Morgan fingerprint density at radius 2 is 1.47 bits per heavy atom. The zero-order valence-electron chi connectivity index (χ0n) is 13.5. The first-order valence-electron chi connectivity index (χ1n) is 8.01. The highest BCUT2D eigenvalue weighted by atomic mass is 14.8. The fraction of sp³-hybridized carbons (Fsp3) is 0.667. The van der Waals surface area contributed by atoms with E-state index < -0.39 is 0 Å². The molecule has 19 heavy (non-hydrogen) atoms. The smallest absolute Gasteiger partial charge is 0.00775 e. The van der Waals surface area contributed by atoms with E-state index in [4.69, 9.17) is 0 Å². The number of aryl methyl sites for hydroxylation is 2. The molecule has 1 rings (SSSR count). The van der Waals surface area contributed by atoms with E-state index in [0.717, 1.165) is 13.1 Å². The van der Waals surface area contributed by atoms with Gasteiger partial charge in [-0.05, 0) is 44.0 Å². The van der Waals surface area contributed by atoms with E-state index in [0.29, 0.717) is 0 Å². The lowest BCUT2D eigenvalue weighted by atomic mass is 10.0. The van der Waals surface area contributed by atoms with Gasteiger partial charge >= 0.3 is 0 Å². The van der Waals surface area contributed by atoms with Crippen LogP contribution >= 0.6 is 0 Å². The van der Waals surface area contributed by atoms with Crippen molar-refractivity contribution >= 4 is 0 Å². The summed E-state index contributed by atoms with van der Waals surface area (Å²) in [5, 5.41) is 3.11. The number of hydrogen-bond donors (Lipinski definition) is 1. The summed E-state index contributed by atoms with van der Waals surface area (Å²) in [6.07, 6.45) is 8.14. The van der Waals surface area contributed by atoms with Crippen molar-refractivity contribution in [3.63, 3.8) is 0 Å². The molecule has 0 heterocycles. The summed E-state index contributed by atoms with van der Waals surface area (Å²) in [4.78, 5) is 0. The van der Waals surface area contributed by atoms with Crippen LogP contribution in [-0.4, -0.2) is 13.1 Å². The number of unbranched alkanes of at least 4 members (excludes halogenated alkanes) is 4. The van der Waals surface area contributed by atoms with Crippen LogP contribution in [0.4, 0.5) is 0 Å². The lowest BCUT2D eigenvalue weighted by Gasteiger charge is -2.04. The SMILES string of the molecule is CCCCCCCc1ccccc1C.CCNCC. The topological polar surface area (TPSA) is 12.0 Å². The maximum Gasteiger partial charge on any atom is -0.00775 e. The Balaban J connectivity index is 0.000000555. The third-order valence-electron chi connectivity index (χ3n) is 3.31. The van der Waals surface area contributed by atoms with E-state index in [2.05, 4.69) is 57.3 Å². The third-order valence-corrected chi connectivity index (χ3v) is 3.31. The Labute approximate surface area is 120 Å². The Morgan fingerprint density at radius 1 is 0.842 bits per heavy atom. The van der Waals surface area contributed by atoms with E-state index in [1.54, 1.807) is 0 Å². The molecule has 0 spiro atoms. The lowest BCUT2D eigenvalue weighted by molar-refractivity contribution is 0.631. The zero-order valence-corrected chi connectivity index (χ0v) is 13.5. The molecule has 0 saturated heterocycles. The van der Waals surface area contributed by atoms with Gasteiger partial charge in [0.05, 0.1) is 0 Å². The van der Waals surface area contributed by atoms with Gasteiger partial charge in [0.1, 0.15) is 0 Å². The minimum atomic E-state index is 1.09. The van der Waals surface area contributed by atoms with Crippen molar-refractivity contribution in [2.45, 2.75) is 66.2 Å². The Morgan fingerprint density at radius 3 is 2.00 bits per heavy atom. The van der Waals surface area contributed by atoms with Gasteiger partial charge in [-0.15, -0.1) is 0 Å². The minimum Gasteiger partial charge on any atom is -0.317 e. The summed E-state index contributed by atoms with van der Waals surface area (Å²) < 4.78 is 0. The van der Waals surface area contributed by atoms with Gasteiger partial charge in [-0.2, -0.15) is 0 Å². The van der Waals surface area contributed by atoms with E-state index >= 15 is 0 Å². The molecular formula is C18H33N. The molecule has 1 aromatic rings. The summed E-state index contributed by atoms with van der Waals surface area (Å²) in [7, 11) is 0. The standard InChI is InChI=1S/C14H22.C4H11N/c1-3-4-5-6-7-11-14-12-9-8-10-13(14)2;1-3-5-4-2/h8-10,12H,3-7,11H2,1-2H3;5H,3-4H2,1-2H3. The molecule has 1 nitrogen and oxygen atoms in total. The highest BCUT2D eigenvalue weighted by Gasteiger charge is 1.96. The van der Waals surface area contributed by atoms with Crippen LogP contribution in [-0.2, 0) is 6.42 Å². The molecule has 0 saturated carbocycles. The molecule has 0 bridgehead atoms. The second kappa shape index (κ2) is 13.6. The van der Waals surface area contributed by atoms with Crippen molar-refractivity contribution < 1.29 is 0 Å². The van der Waals surface area contributed by atoms with Gasteiger partial charge < -0.3 is 5.32 Å². The summed E-state index contributed by atoms with van der Waals surface area (Å²) in [5.41, 5.74) is 2.98. The van der Waals surface area contributed by atoms with E-state index in [1.807, 2.05) is 0 Å². The molecule has 0 unspecified atom stereocenters. The Hall–Kier alpha value is -0.820. The van der Waals surface area contributed by atoms with Crippen molar-refractivity contribution in [1.82, 2.24) is 5.32 Å². The van der Waals surface area contributed by atoms with Crippen LogP contribution in [0.3, 0.4) is 0 Å². The molecule has 1 N–H and O–H groups in total. The van der Waals surface area contributed by atoms with Crippen LogP contribution in [0.2, 0.25) is 0 Å². The average molecular weight is 263 g/mol. The highest BCUT2D eigenvalue weighted by molar-refractivity contribution is 5.25. The predicted molar refractivity (Wildman–Crippen MR) is 87.9 cm³/mol. The largest absolute Gasteiger partial charge is 0.317 e. The molecule has 0 aliphatic carbocycles. The number of hydrogen-bond acceptors (Lipinski definition) is 1. The second-order valence-corrected chi connectivity index (χ2v) is 5.05. The van der Waals surface area contributed by atoms with Crippen LogP contribution in [0.1, 0.15) is 64.0 Å². The van der Waals surface area contributed by atoms with Gasteiger partial charge in [0.25, 0.3) is 0 Å². The second-order valence-electron chi connectivity index (χ2n) is 5.05. The van der Waals surface area contributed by atoms with Gasteiger partial charge in [0.15, 0.2) is 0 Å². The van der Waals surface area contributed by atoms with Crippen molar-refractivity contribution in [2.75, 3.05) is 13.1 Å². The summed E-state index contributed by atoms with van der Waals surface area (Å²) in [6, 6.07) is 8.74. The van der Waals surface area contributed by atoms with Gasteiger partial charge in [-0.3, -0.25) is 0 Å². The first-order valence-corrected chi connectivity index (χ1v) is 8.01. The van der Waals surface area contributed by atoms with Gasteiger partial charge in [0.2, 0.25) is 0 Å². The molecule has 0 amide bonds. The fourth-order valence-electron chi connectivity index (χ4n) is 2.06. The zero-order chi connectivity index (χ0) is 14.3. The molecule has 1 aromatic carbocycles. The number of nitrogens with one attached hydrogen (secondary N) is 1. The minimum absolute atomic E-state index is 1.09. The molecule has 110 valence electrons. The van der Waals surface area contributed by atoms with Crippen molar-refractivity contribution in [3.8, 4) is 0 Å². The first kappa shape index (κ1) is 18.2. The molecule has 0 aliphatic rings. The lowest BCUT2D eigenvalue weighted by Crippen LogP contribution is -2.09. The Kier molecular flexibility index (Phi) is 13.0. The first-order chi connectivity index (χ1) is 9.26. The van der Waals surface area contributed by atoms with Gasteiger partial charge in [-0.25, -0.2) is 0 Å².